The van der Waals surface area contributed by atoms with Crippen LogP contribution in [0.2, 0.25) is 0 Å². The maximum atomic E-state index is 5.05. The molecule has 0 saturated heterocycles. The maximum Gasteiger partial charge on any atom is 0.191 e. The summed E-state index contributed by atoms with van der Waals surface area (Å²) in [7, 11) is 3.53. The number of hydrogen-bond donors (Lipinski definition) is 2. The Morgan fingerprint density at radius 1 is 1.36 bits per heavy atom. The van der Waals surface area contributed by atoms with Gasteiger partial charge in [0.1, 0.15) is 0 Å². The molecule has 0 radical (unpaired) electrons. The molecule has 1 aromatic carbocycles. The third-order valence-electron chi connectivity index (χ3n) is 3.93. The zero-order chi connectivity index (χ0) is 15.1. The molecule has 124 valence electrons. The lowest BCUT2D eigenvalue weighted by atomic mass is 9.96. The van der Waals surface area contributed by atoms with Crippen LogP contribution in [0.3, 0.4) is 0 Å². The molecule has 1 fully saturated rings. The number of methoxy groups -OCH3 is 1. The fraction of sp³-hybridized carbons (Fsp3) is 0.562. The topological polar surface area (TPSA) is 45.7 Å². The number of hydrogen-bond acceptors (Lipinski definition) is 2. The molecule has 6 heteroatoms. The lowest BCUT2D eigenvalue weighted by Gasteiger charge is -2.19. The highest BCUT2D eigenvalue weighted by atomic mass is 127. The van der Waals surface area contributed by atoms with E-state index in [9.17, 15) is 0 Å². The summed E-state index contributed by atoms with van der Waals surface area (Å²) in [5, 5.41) is 6.77. The van der Waals surface area contributed by atoms with Gasteiger partial charge in [0.15, 0.2) is 5.96 Å². The number of rotatable bonds is 7. The first-order chi connectivity index (χ1) is 10.2. The molecule has 0 amide bonds. The van der Waals surface area contributed by atoms with Gasteiger partial charge in [-0.3, -0.25) is 4.99 Å². The zero-order valence-corrected chi connectivity index (χ0v) is 17.1. The fourth-order valence-corrected chi connectivity index (χ4v) is 2.83. The Hall–Kier alpha value is -0.340. The van der Waals surface area contributed by atoms with E-state index in [0.717, 1.165) is 36.5 Å². The van der Waals surface area contributed by atoms with Crippen LogP contribution >= 0.6 is 39.9 Å². The lowest BCUT2D eigenvalue weighted by Crippen LogP contribution is -2.41. The molecule has 2 rings (SSSR count). The van der Waals surface area contributed by atoms with Crippen LogP contribution in [0.15, 0.2) is 33.7 Å². The molecule has 1 aliphatic rings. The summed E-state index contributed by atoms with van der Waals surface area (Å²) in [4.78, 5) is 4.27. The predicted octanol–water partition coefficient (Wildman–Crippen LogP) is 3.30. The van der Waals surface area contributed by atoms with Gasteiger partial charge in [-0.2, -0.15) is 0 Å². The van der Waals surface area contributed by atoms with Crippen molar-refractivity contribution in [3.8, 4) is 0 Å². The normalized spacial score (nSPS) is 15.9. The summed E-state index contributed by atoms with van der Waals surface area (Å²) in [6.45, 7) is 2.57. The van der Waals surface area contributed by atoms with Crippen LogP contribution in [0.5, 0.6) is 0 Å². The van der Waals surface area contributed by atoms with Gasteiger partial charge in [0.2, 0.25) is 0 Å². The van der Waals surface area contributed by atoms with Crippen LogP contribution in [-0.4, -0.2) is 39.8 Å². The van der Waals surface area contributed by atoms with E-state index in [-0.39, 0.29) is 29.4 Å². The summed E-state index contributed by atoms with van der Waals surface area (Å²) in [6, 6.07) is 8.62. The van der Waals surface area contributed by atoms with Crippen molar-refractivity contribution in [3.63, 3.8) is 0 Å². The van der Waals surface area contributed by atoms with Crippen molar-refractivity contribution in [1.29, 1.82) is 0 Å². The van der Waals surface area contributed by atoms with Crippen LogP contribution in [-0.2, 0) is 10.2 Å². The molecule has 0 unspecified atom stereocenters. The highest BCUT2D eigenvalue weighted by molar-refractivity contribution is 14.0. The molecule has 0 spiro atoms. The molecular weight excluding hydrogens is 457 g/mol. The summed E-state index contributed by atoms with van der Waals surface area (Å²) < 4.78 is 6.19. The van der Waals surface area contributed by atoms with Crippen LogP contribution in [0.25, 0.3) is 0 Å². The molecule has 0 atom stereocenters. The van der Waals surface area contributed by atoms with Gasteiger partial charge in [0.05, 0.1) is 0 Å². The van der Waals surface area contributed by atoms with Crippen molar-refractivity contribution in [2.75, 3.05) is 33.9 Å². The van der Waals surface area contributed by atoms with E-state index in [2.05, 4.69) is 55.8 Å². The second-order valence-corrected chi connectivity index (χ2v) is 6.41. The quantitative estimate of drug-likeness (QED) is 0.272. The Bertz CT molecular complexity index is 492. The van der Waals surface area contributed by atoms with Gasteiger partial charge in [0.25, 0.3) is 0 Å². The highest BCUT2D eigenvalue weighted by Gasteiger charge is 2.44. The van der Waals surface area contributed by atoms with Gasteiger partial charge in [-0.05, 0) is 37.0 Å². The fourth-order valence-electron chi connectivity index (χ4n) is 2.43. The number of guanidine groups is 1. The van der Waals surface area contributed by atoms with Crippen LogP contribution < -0.4 is 10.6 Å². The number of aliphatic imine (C=N–C) groups is 1. The molecule has 4 nitrogen and oxygen atoms in total. The van der Waals surface area contributed by atoms with Crippen LogP contribution in [0.4, 0.5) is 0 Å². The zero-order valence-electron chi connectivity index (χ0n) is 13.2. The summed E-state index contributed by atoms with van der Waals surface area (Å²) in [6.07, 6.45) is 3.45. The van der Waals surface area contributed by atoms with Crippen molar-refractivity contribution < 1.29 is 4.74 Å². The number of halogens is 2. The van der Waals surface area contributed by atoms with Crippen molar-refractivity contribution >= 4 is 45.9 Å². The molecule has 1 aromatic rings. The molecule has 0 aromatic heterocycles. The van der Waals surface area contributed by atoms with E-state index in [1.165, 1.54) is 18.4 Å². The minimum absolute atomic E-state index is 0. The average Bonchev–Trinajstić information content (AvgIpc) is 3.28. The standard InChI is InChI=1S/C16H24BrN3O.HI/c1-18-15(19-9-4-10-21-2)20-12-16(7-8-16)13-5-3-6-14(17)11-13;/h3,5-6,11H,4,7-10,12H2,1-2H3,(H2,18,19,20);1H. The molecule has 2 N–H and O–H groups in total. The Morgan fingerprint density at radius 2 is 2.14 bits per heavy atom. The van der Waals surface area contributed by atoms with Crippen LogP contribution in [0, 0.1) is 0 Å². The maximum absolute atomic E-state index is 5.05. The Labute approximate surface area is 158 Å². The molecular formula is C16H25BrIN3O. The van der Waals surface area contributed by atoms with E-state index in [1.807, 2.05) is 7.05 Å². The molecule has 0 aliphatic heterocycles. The predicted molar refractivity (Wildman–Crippen MR) is 106 cm³/mol. The number of benzene rings is 1. The smallest absolute Gasteiger partial charge is 0.191 e. The lowest BCUT2D eigenvalue weighted by molar-refractivity contribution is 0.195. The van der Waals surface area contributed by atoms with Crippen molar-refractivity contribution in [2.24, 2.45) is 4.99 Å². The Balaban J connectivity index is 0.00000242. The average molecular weight is 482 g/mol. The van der Waals surface area contributed by atoms with E-state index >= 15 is 0 Å². The van der Waals surface area contributed by atoms with Crippen molar-refractivity contribution in [3.05, 3.63) is 34.3 Å². The van der Waals surface area contributed by atoms with E-state index < -0.39 is 0 Å². The minimum Gasteiger partial charge on any atom is -0.385 e. The van der Waals surface area contributed by atoms with Gasteiger partial charge in [0, 0.05) is 43.7 Å². The first kappa shape index (κ1) is 19.7. The highest BCUT2D eigenvalue weighted by Crippen LogP contribution is 2.48. The third kappa shape index (κ3) is 5.70. The summed E-state index contributed by atoms with van der Waals surface area (Å²) >= 11 is 3.56. The summed E-state index contributed by atoms with van der Waals surface area (Å²) in [5.41, 5.74) is 1.67. The van der Waals surface area contributed by atoms with Gasteiger partial charge in [-0.15, -0.1) is 24.0 Å². The molecule has 0 heterocycles. The first-order valence-corrected chi connectivity index (χ1v) is 8.19. The Morgan fingerprint density at radius 3 is 2.73 bits per heavy atom. The van der Waals surface area contributed by atoms with Gasteiger partial charge in [-0.1, -0.05) is 28.1 Å². The van der Waals surface area contributed by atoms with Gasteiger partial charge < -0.3 is 15.4 Å². The van der Waals surface area contributed by atoms with E-state index in [4.69, 9.17) is 4.74 Å². The van der Waals surface area contributed by atoms with Crippen molar-refractivity contribution in [2.45, 2.75) is 24.7 Å². The van der Waals surface area contributed by atoms with Crippen LogP contribution in [0.1, 0.15) is 24.8 Å². The second kappa shape index (κ2) is 9.72. The molecule has 0 bridgehead atoms. The monoisotopic (exact) mass is 481 g/mol. The van der Waals surface area contributed by atoms with Crippen molar-refractivity contribution in [1.82, 2.24) is 10.6 Å². The second-order valence-electron chi connectivity index (χ2n) is 5.49. The summed E-state index contributed by atoms with van der Waals surface area (Å²) in [5.74, 6) is 0.868. The molecule has 1 aliphatic carbocycles. The molecule has 22 heavy (non-hydrogen) atoms. The number of ether oxygens (including phenoxy) is 1. The number of nitrogens with one attached hydrogen (secondary N) is 2. The van der Waals surface area contributed by atoms with E-state index in [1.54, 1.807) is 7.11 Å². The number of nitrogens with zero attached hydrogens (tertiary/aromatic N) is 1. The largest absolute Gasteiger partial charge is 0.385 e. The van der Waals surface area contributed by atoms with E-state index in [0.29, 0.717) is 0 Å². The SMILES string of the molecule is CN=C(NCCCOC)NCC1(c2cccc(Br)c2)CC1.I. The third-order valence-corrected chi connectivity index (χ3v) is 4.42. The first-order valence-electron chi connectivity index (χ1n) is 7.40. The van der Waals surface area contributed by atoms with Gasteiger partial charge >= 0.3 is 0 Å². The minimum atomic E-state index is 0. The van der Waals surface area contributed by atoms with Gasteiger partial charge in [-0.25, -0.2) is 0 Å². The molecule has 1 saturated carbocycles. The Kier molecular flexibility index (Phi) is 8.71.